The second-order valence-electron chi connectivity index (χ2n) is 4.06. The van der Waals surface area contributed by atoms with E-state index in [1.807, 2.05) is 0 Å². The fraction of sp³-hybridized carbons (Fsp3) is 0.462. The van der Waals surface area contributed by atoms with E-state index in [0.29, 0.717) is 12.5 Å². The summed E-state index contributed by atoms with van der Waals surface area (Å²) < 4.78 is 0. The fourth-order valence-electron chi connectivity index (χ4n) is 1.50. The van der Waals surface area contributed by atoms with E-state index in [-0.39, 0.29) is 24.0 Å². The van der Waals surface area contributed by atoms with Gasteiger partial charge in [0, 0.05) is 6.54 Å². The normalized spacial score (nSPS) is 10.9. The Balaban J connectivity index is 0.00000256. The van der Waals surface area contributed by atoms with Crippen LogP contribution in [0.3, 0.4) is 0 Å². The molecule has 0 aliphatic heterocycles. The Morgan fingerprint density at radius 2 is 2.06 bits per heavy atom. The minimum absolute atomic E-state index is 0. The average Bonchev–Trinajstić information content (AvgIpc) is 2.25. The van der Waals surface area contributed by atoms with Gasteiger partial charge in [-0.1, -0.05) is 30.7 Å². The molecule has 4 heteroatoms. The molecule has 0 amide bonds. The molecule has 0 aliphatic rings. The second kappa shape index (κ2) is 8.33. The van der Waals surface area contributed by atoms with Crippen LogP contribution in [0.25, 0.3) is 0 Å². The summed E-state index contributed by atoms with van der Waals surface area (Å²) in [5, 5.41) is 3.06. The van der Waals surface area contributed by atoms with Gasteiger partial charge in [-0.25, -0.2) is 4.99 Å². The highest BCUT2D eigenvalue weighted by atomic mass is 127. The number of nitrogens with two attached hydrogens (primary N) is 1. The van der Waals surface area contributed by atoms with Gasteiger partial charge in [0.25, 0.3) is 0 Å². The number of hydrogen-bond donors (Lipinski definition) is 2. The summed E-state index contributed by atoms with van der Waals surface area (Å²) in [4.78, 5) is 4.31. The van der Waals surface area contributed by atoms with Crippen molar-refractivity contribution in [2.45, 2.75) is 33.7 Å². The first-order valence-electron chi connectivity index (χ1n) is 5.73. The predicted molar refractivity (Wildman–Crippen MR) is 85.0 cm³/mol. The summed E-state index contributed by atoms with van der Waals surface area (Å²) in [6, 6.07) is 6.38. The molecule has 0 heterocycles. The van der Waals surface area contributed by atoms with Crippen LogP contribution in [0, 0.1) is 13.8 Å². The number of aliphatic imine (C=N–C) groups is 1. The highest BCUT2D eigenvalue weighted by molar-refractivity contribution is 14.0. The van der Waals surface area contributed by atoms with Crippen LogP contribution in [-0.4, -0.2) is 12.5 Å². The molecule has 3 nitrogen and oxygen atoms in total. The van der Waals surface area contributed by atoms with E-state index in [1.54, 1.807) is 0 Å². The highest BCUT2D eigenvalue weighted by Crippen LogP contribution is 2.11. The molecule has 0 radical (unpaired) electrons. The molecule has 0 spiro atoms. The van der Waals surface area contributed by atoms with Gasteiger partial charge in [0.15, 0.2) is 5.96 Å². The zero-order valence-electron chi connectivity index (χ0n) is 10.8. The van der Waals surface area contributed by atoms with Crippen LogP contribution in [0.1, 0.15) is 30.0 Å². The number of hydrogen-bond acceptors (Lipinski definition) is 1. The van der Waals surface area contributed by atoms with Crippen LogP contribution in [0.5, 0.6) is 0 Å². The van der Waals surface area contributed by atoms with Gasteiger partial charge in [0.2, 0.25) is 0 Å². The van der Waals surface area contributed by atoms with Gasteiger partial charge in [0.1, 0.15) is 0 Å². The van der Waals surface area contributed by atoms with Crippen LogP contribution >= 0.6 is 24.0 Å². The van der Waals surface area contributed by atoms with Crippen molar-refractivity contribution in [2.75, 3.05) is 6.54 Å². The maximum Gasteiger partial charge on any atom is 0.188 e. The minimum Gasteiger partial charge on any atom is -0.370 e. The number of nitrogens with one attached hydrogen (secondary N) is 1. The average molecular weight is 347 g/mol. The summed E-state index contributed by atoms with van der Waals surface area (Å²) in [7, 11) is 0. The lowest BCUT2D eigenvalue weighted by Gasteiger charge is -2.06. The lowest BCUT2D eigenvalue weighted by Crippen LogP contribution is -2.32. The summed E-state index contributed by atoms with van der Waals surface area (Å²) >= 11 is 0. The topological polar surface area (TPSA) is 50.4 Å². The number of guanidine groups is 1. The van der Waals surface area contributed by atoms with Gasteiger partial charge in [-0.05, 0) is 31.4 Å². The van der Waals surface area contributed by atoms with Crippen molar-refractivity contribution < 1.29 is 0 Å². The molecule has 1 aromatic carbocycles. The van der Waals surface area contributed by atoms with E-state index >= 15 is 0 Å². The molecule has 0 fully saturated rings. The van der Waals surface area contributed by atoms with Gasteiger partial charge < -0.3 is 11.1 Å². The quantitative estimate of drug-likeness (QED) is 0.500. The van der Waals surface area contributed by atoms with E-state index in [1.165, 1.54) is 16.7 Å². The van der Waals surface area contributed by atoms with Crippen LogP contribution in [-0.2, 0) is 6.54 Å². The Morgan fingerprint density at radius 3 is 2.65 bits per heavy atom. The summed E-state index contributed by atoms with van der Waals surface area (Å²) in [6.07, 6.45) is 1.06. The monoisotopic (exact) mass is 347 g/mol. The van der Waals surface area contributed by atoms with Gasteiger partial charge in [-0.3, -0.25) is 0 Å². The number of aryl methyl sites for hydroxylation is 2. The Hall–Kier alpha value is -0.780. The minimum atomic E-state index is 0. The third-order valence-electron chi connectivity index (χ3n) is 2.47. The zero-order valence-corrected chi connectivity index (χ0v) is 13.1. The van der Waals surface area contributed by atoms with E-state index < -0.39 is 0 Å². The van der Waals surface area contributed by atoms with E-state index in [2.05, 4.69) is 49.3 Å². The number of nitrogens with zero attached hydrogens (tertiary/aromatic N) is 1. The molecule has 0 bridgehead atoms. The van der Waals surface area contributed by atoms with Crippen molar-refractivity contribution in [1.82, 2.24) is 5.32 Å². The molecular weight excluding hydrogens is 325 g/mol. The molecule has 0 atom stereocenters. The molecule has 0 unspecified atom stereocenters. The maximum absolute atomic E-state index is 5.73. The van der Waals surface area contributed by atoms with Crippen molar-refractivity contribution in [3.8, 4) is 0 Å². The molecule has 0 aromatic heterocycles. The molecule has 3 N–H and O–H groups in total. The van der Waals surface area contributed by atoms with Crippen molar-refractivity contribution in [1.29, 1.82) is 0 Å². The molecule has 1 aromatic rings. The number of halogens is 1. The van der Waals surface area contributed by atoms with Crippen LogP contribution in [0.2, 0.25) is 0 Å². The summed E-state index contributed by atoms with van der Waals surface area (Å²) in [6.45, 7) is 7.83. The Labute approximate surface area is 121 Å². The molecule has 0 saturated carbocycles. The zero-order chi connectivity index (χ0) is 12.0. The highest BCUT2D eigenvalue weighted by Gasteiger charge is 1.97. The third kappa shape index (κ3) is 5.91. The van der Waals surface area contributed by atoms with Crippen LogP contribution in [0.4, 0.5) is 0 Å². The molecule has 17 heavy (non-hydrogen) atoms. The van der Waals surface area contributed by atoms with Crippen LogP contribution < -0.4 is 11.1 Å². The Bertz CT molecular complexity index is 375. The van der Waals surface area contributed by atoms with E-state index in [4.69, 9.17) is 5.73 Å². The van der Waals surface area contributed by atoms with Crippen molar-refractivity contribution in [3.05, 3.63) is 34.9 Å². The fourth-order valence-corrected chi connectivity index (χ4v) is 1.50. The Kier molecular flexibility index (Phi) is 7.95. The molecule has 1 rings (SSSR count). The summed E-state index contributed by atoms with van der Waals surface area (Å²) in [5.41, 5.74) is 9.51. The van der Waals surface area contributed by atoms with Crippen molar-refractivity contribution >= 4 is 29.9 Å². The van der Waals surface area contributed by atoms with Crippen molar-refractivity contribution in [2.24, 2.45) is 10.7 Å². The van der Waals surface area contributed by atoms with E-state index in [9.17, 15) is 0 Å². The SMILES string of the molecule is CCCNC(N)=NCc1ccc(C)cc1C.I. The first-order chi connectivity index (χ1) is 7.63. The van der Waals surface area contributed by atoms with Gasteiger partial charge in [-0.15, -0.1) is 24.0 Å². The Morgan fingerprint density at radius 1 is 1.35 bits per heavy atom. The van der Waals surface area contributed by atoms with Gasteiger partial charge in [0.05, 0.1) is 6.54 Å². The first kappa shape index (κ1) is 16.2. The number of rotatable bonds is 4. The molecule has 0 saturated heterocycles. The van der Waals surface area contributed by atoms with Gasteiger partial charge in [-0.2, -0.15) is 0 Å². The third-order valence-corrected chi connectivity index (χ3v) is 2.47. The summed E-state index contributed by atoms with van der Waals surface area (Å²) in [5.74, 6) is 0.529. The van der Waals surface area contributed by atoms with Crippen LogP contribution in [0.15, 0.2) is 23.2 Å². The molecule has 96 valence electrons. The van der Waals surface area contributed by atoms with E-state index in [0.717, 1.165) is 13.0 Å². The molecular formula is C13H22IN3. The van der Waals surface area contributed by atoms with Gasteiger partial charge >= 0.3 is 0 Å². The second-order valence-corrected chi connectivity index (χ2v) is 4.06. The maximum atomic E-state index is 5.73. The predicted octanol–water partition coefficient (Wildman–Crippen LogP) is 2.74. The van der Waals surface area contributed by atoms with Crippen molar-refractivity contribution in [3.63, 3.8) is 0 Å². The largest absolute Gasteiger partial charge is 0.370 e. The first-order valence-corrected chi connectivity index (χ1v) is 5.73. The standard InChI is InChI=1S/C13H21N3.HI/c1-4-7-15-13(14)16-9-12-6-5-10(2)8-11(12)3;/h5-6,8H,4,7,9H2,1-3H3,(H3,14,15,16);1H. The smallest absolute Gasteiger partial charge is 0.188 e. The molecule has 0 aliphatic carbocycles. The lowest BCUT2D eigenvalue weighted by molar-refractivity contribution is 0.825. The lowest BCUT2D eigenvalue weighted by atomic mass is 10.1. The number of benzene rings is 1.